The highest BCUT2D eigenvalue weighted by Gasteiger charge is 2.34. The lowest BCUT2D eigenvalue weighted by Gasteiger charge is -2.33. The molecular weight excluding hydrogens is 538 g/mol. The molecule has 0 radical (unpaired) electrons. The normalized spacial score (nSPS) is 11.9. The number of methoxy groups -OCH3 is 1. The van der Waals surface area contributed by atoms with Crippen LogP contribution < -0.4 is 14.4 Å². The molecule has 39 heavy (non-hydrogen) atoms. The van der Waals surface area contributed by atoms with E-state index in [4.69, 9.17) is 16.3 Å². The van der Waals surface area contributed by atoms with E-state index < -0.39 is 28.5 Å². The lowest BCUT2D eigenvalue weighted by Crippen LogP contribution is -2.52. The van der Waals surface area contributed by atoms with Gasteiger partial charge in [-0.1, -0.05) is 66.6 Å². The van der Waals surface area contributed by atoms with E-state index in [0.29, 0.717) is 13.0 Å². The molecule has 208 valence electrons. The Morgan fingerprint density at radius 2 is 1.67 bits per heavy atom. The molecule has 3 rings (SSSR count). The van der Waals surface area contributed by atoms with Gasteiger partial charge >= 0.3 is 0 Å². The Kier molecular flexibility index (Phi) is 10.4. The Morgan fingerprint density at radius 3 is 2.26 bits per heavy atom. The van der Waals surface area contributed by atoms with Crippen LogP contribution in [0.25, 0.3) is 0 Å². The molecule has 3 aromatic rings. The molecule has 3 aromatic carbocycles. The number of carbonyl (C=O) groups is 2. The van der Waals surface area contributed by atoms with Crippen molar-refractivity contribution >= 4 is 39.1 Å². The first-order chi connectivity index (χ1) is 18.6. The summed E-state index contributed by atoms with van der Waals surface area (Å²) in [4.78, 5) is 28.5. The van der Waals surface area contributed by atoms with Gasteiger partial charge in [0.15, 0.2) is 0 Å². The van der Waals surface area contributed by atoms with Crippen molar-refractivity contribution in [3.05, 3.63) is 88.9 Å². The van der Waals surface area contributed by atoms with Crippen molar-refractivity contribution in [2.24, 2.45) is 0 Å². The van der Waals surface area contributed by atoms with Gasteiger partial charge in [-0.25, -0.2) is 8.42 Å². The number of nitrogens with zero attached hydrogens (tertiary/aromatic N) is 2. The third kappa shape index (κ3) is 7.30. The molecule has 0 bridgehead atoms. The topological polar surface area (TPSA) is 96.0 Å². The number of likely N-dealkylation sites (N-methyl/N-ethyl adjacent to an activating group) is 1. The molecular formula is C29H34ClN3O5S. The maximum absolute atomic E-state index is 14.0. The van der Waals surface area contributed by atoms with Crippen molar-refractivity contribution in [3.8, 4) is 5.75 Å². The average molecular weight is 572 g/mol. The van der Waals surface area contributed by atoms with Gasteiger partial charge in [0.1, 0.15) is 18.3 Å². The number of nitrogens with one attached hydrogen (secondary N) is 1. The number of sulfonamides is 1. The van der Waals surface area contributed by atoms with E-state index in [1.165, 1.54) is 30.2 Å². The summed E-state index contributed by atoms with van der Waals surface area (Å²) in [5.74, 6) is -0.624. The third-order valence-corrected chi connectivity index (χ3v) is 8.24. The van der Waals surface area contributed by atoms with E-state index in [1.54, 1.807) is 37.3 Å². The number of anilines is 1. The van der Waals surface area contributed by atoms with Crippen LogP contribution in [0.5, 0.6) is 5.75 Å². The SMILES string of the molecule is CCNC(=O)C(CC)N(Cc1ccc(C)cc1)C(=O)CN(c1cc(Cl)ccc1OC)S(=O)(=O)c1ccccc1. The van der Waals surface area contributed by atoms with Gasteiger partial charge in [-0.15, -0.1) is 0 Å². The number of aryl methyl sites for hydroxylation is 1. The molecule has 1 N–H and O–H groups in total. The van der Waals surface area contributed by atoms with Crippen molar-refractivity contribution in [3.63, 3.8) is 0 Å². The van der Waals surface area contributed by atoms with Crippen LogP contribution in [0.1, 0.15) is 31.4 Å². The van der Waals surface area contributed by atoms with E-state index in [-0.39, 0.29) is 33.8 Å². The minimum atomic E-state index is -4.23. The van der Waals surface area contributed by atoms with Crippen LogP contribution in [0.4, 0.5) is 5.69 Å². The van der Waals surface area contributed by atoms with Gasteiger partial charge in [0.2, 0.25) is 11.8 Å². The van der Waals surface area contributed by atoms with E-state index >= 15 is 0 Å². The molecule has 1 unspecified atom stereocenters. The fourth-order valence-corrected chi connectivity index (χ4v) is 5.80. The Morgan fingerprint density at radius 1 is 1.00 bits per heavy atom. The van der Waals surface area contributed by atoms with Crippen LogP contribution in [0.15, 0.2) is 77.7 Å². The third-order valence-electron chi connectivity index (χ3n) is 6.23. The van der Waals surface area contributed by atoms with Gasteiger partial charge in [0.25, 0.3) is 10.0 Å². The highest BCUT2D eigenvalue weighted by Crippen LogP contribution is 2.35. The zero-order chi connectivity index (χ0) is 28.6. The number of halogens is 1. The number of ether oxygens (including phenoxy) is 1. The standard InChI is InChI=1S/C29H34ClN3O5S/c1-5-25(29(35)31-6-2)32(19-22-14-12-21(3)13-15-22)28(34)20-33(26-18-23(30)16-17-27(26)38-4)39(36,37)24-10-8-7-9-11-24/h7-18,25H,5-6,19-20H2,1-4H3,(H,31,35). The van der Waals surface area contributed by atoms with Crippen molar-refractivity contribution in [1.29, 1.82) is 0 Å². The minimum absolute atomic E-state index is 0.000630. The Labute approximate surface area is 235 Å². The zero-order valence-electron chi connectivity index (χ0n) is 22.6. The molecule has 0 saturated carbocycles. The van der Waals surface area contributed by atoms with Gasteiger partial charge in [0, 0.05) is 18.1 Å². The highest BCUT2D eigenvalue weighted by molar-refractivity contribution is 7.92. The van der Waals surface area contributed by atoms with Crippen molar-refractivity contribution in [2.45, 2.75) is 44.7 Å². The summed E-state index contributed by atoms with van der Waals surface area (Å²) in [5.41, 5.74) is 1.98. The van der Waals surface area contributed by atoms with Gasteiger partial charge in [-0.3, -0.25) is 13.9 Å². The first kappa shape index (κ1) is 30.0. The monoisotopic (exact) mass is 571 g/mol. The molecule has 8 nitrogen and oxygen atoms in total. The van der Waals surface area contributed by atoms with E-state index in [0.717, 1.165) is 15.4 Å². The first-order valence-corrected chi connectivity index (χ1v) is 14.5. The molecule has 0 saturated heterocycles. The molecule has 2 amide bonds. The summed E-state index contributed by atoms with van der Waals surface area (Å²) in [5, 5.41) is 3.07. The molecule has 0 fully saturated rings. The maximum Gasteiger partial charge on any atom is 0.264 e. The number of hydrogen-bond acceptors (Lipinski definition) is 5. The molecule has 0 aromatic heterocycles. The van der Waals surface area contributed by atoms with Crippen molar-refractivity contribution in [1.82, 2.24) is 10.2 Å². The summed E-state index contributed by atoms with van der Waals surface area (Å²) in [6.45, 7) is 5.53. The Hall–Kier alpha value is -3.56. The predicted octanol–water partition coefficient (Wildman–Crippen LogP) is 4.80. The molecule has 0 aliphatic heterocycles. The number of benzene rings is 3. The summed E-state index contributed by atoms with van der Waals surface area (Å²) < 4.78 is 34.3. The van der Waals surface area contributed by atoms with Crippen LogP contribution >= 0.6 is 11.6 Å². The molecule has 0 aliphatic carbocycles. The van der Waals surface area contributed by atoms with Gasteiger partial charge in [-0.05, 0) is 56.2 Å². The first-order valence-electron chi connectivity index (χ1n) is 12.7. The smallest absolute Gasteiger partial charge is 0.264 e. The van der Waals surface area contributed by atoms with Crippen molar-refractivity contribution in [2.75, 3.05) is 24.5 Å². The van der Waals surface area contributed by atoms with Crippen LogP contribution in [0.2, 0.25) is 5.02 Å². The van der Waals surface area contributed by atoms with Crippen LogP contribution in [-0.2, 0) is 26.2 Å². The average Bonchev–Trinajstić information content (AvgIpc) is 2.93. The van der Waals surface area contributed by atoms with E-state index in [2.05, 4.69) is 5.32 Å². The van der Waals surface area contributed by atoms with Crippen LogP contribution in [-0.4, -0.2) is 51.4 Å². The Bertz CT molecular complexity index is 1380. The summed E-state index contributed by atoms with van der Waals surface area (Å²) in [6.07, 6.45) is 0.343. The summed E-state index contributed by atoms with van der Waals surface area (Å²) >= 11 is 6.26. The maximum atomic E-state index is 14.0. The summed E-state index contributed by atoms with van der Waals surface area (Å²) in [7, 11) is -2.82. The molecule has 0 spiro atoms. The largest absolute Gasteiger partial charge is 0.495 e. The second-order valence-electron chi connectivity index (χ2n) is 8.97. The quantitative estimate of drug-likeness (QED) is 0.337. The van der Waals surface area contributed by atoms with E-state index in [1.807, 2.05) is 38.1 Å². The molecule has 0 aliphatic rings. The highest BCUT2D eigenvalue weighted by atomic mass is 35.5. The second-order valence-corrected chi connectivity index (χ2v) is 11.3. The molecule has 10 heteroatoms. The van der Waals surface area contributed by atoms with Crippen LogP contribution in [0.3, 0.4) is 0 Å². The number of rotatable bonds is 12. The number of amides is 2. The fourth-order valence-electron chi connectivity index (χ4n) is 4.19. The van der Waals surface area contributed by atoms with E-state index in [9.17, 15) is 18.0 Å². The van der Waals surface area contributed by atoms with Gasteiger partial charge in [0.05, 0.1) is 17.7 Å². The zero-order valence-corrected chi connectivity index (χ0v) is 24.1. The van der Waals surface area contributed by atoms with Gasteiger partial charge in [-0.2, -0.15) is 0 Å². The molecule has 1 atom stereocenters. The predicted molar refractivity (Wildman–Crippen MR) is 153 cm³/mol. The van der Waals surface area contributed by atoms with Crippen LogP contribution in [0, 0.1) is 6.92 Å². The minimum Gasteiger partial charge on any atom is -0.495 e. The number of hydrogen-bond donors (Lipinski definition) is 1. The van der Waals surface area contributed by atoms with Gasteiger partial charge < -0.3 is 15.0 Å². The Balaban J connectivity index is 2.11. The lowest BCUT2D eigenvalue weighted by atomic mass is 10.1. The number of carbonyl (C=O) groups excluding carboxylic acids is 2. The van der Waals surface area contributed by atoms with Crippen molar-refractivity contribution < 1.29 is 22.7 Å². The second kappa shape index (κ2) is 13.5. The summed E-state index contributed by atoms with van der Waals surface area (Å²) in [6, 6.07) is 19.2. The lowest BCUT2D eigenvalue weighted by molar-refractivity contribution is -0.140. The fraction of sp³-hybridized carbons (Fsp3) is 0.310. The molecule has 0 heterocycles.